The van der Waals surface area contributed by atoms with Crippen molar-refractivity contribution in [3.05, 3.63) is 23.9 Å². The summed E-state index contributed by atoms with van der Waals surface area (Å²) in [5.41, 5.74) is 1.14. The van der Waals surface area contributed by atoms with E-state index < -0.39 is 0 Å². The summed E-state index contributed by atoms with van der Waals surface area (Å²) in [7, 11) is 0. The molecule has 1 unspecified atom stereocenters. The van der Waals surface area contributed by atoms with Crippen LogP contribution in [0.15, 0.2) is 18.2 Å². The number of hydrogen-bond donors (Lipinski definition) is 1. The molecule has 2 aliphatic rings. The fourth-order valence-electron chi connectivity index (χ4n) is 2.45. The van der Waals surface area contributed by atoms with Gasteiger partial charge in [0.15, 0.2) is 0 Å². The third-order valence-corrected chi connectivity index (χ3v) is 3.86. The number of anilines is 1. The van der Waals surface area contributed by atoms with Gasteiger partial charge < -0.3 is 15.0 Å². The molecule has 1 atom stereocenters. The lowest BCUT2D eigenvalue weighted by Gasteiger charge is -2.33. The summed E-state index contributed by atoms with van der Waals surface area (Å²) < 4.78 is 5.71. The third kappa shape index (κ3) is 3.45. The zero-order chi connectivity index (χ0) is 13.1. The molecule has 0 aromatic carbocycles. The molecule has 0 amide bonds. The lowest BCUT2D eigenvalue weighted by Crippen LogP contribution is -2.42. The minimum Gasteiger partial charge on any atom is -0.375 e. The first-order chi connectivity index (χ1) is 9.35. The molecular weight excluding hydrogens is 238 g/mol. The number of ether oxygens (including phenoxy) is 1. The van der Waals surface area contributed by atoms with Gasteiger partial charge in [0.25, 0.3) is 0 Å². The average molecular weight is 261 g/mol. The first kappa shape index (κ1) is 12.9. The molecule has 1 N–H and O–H groups in total. The highest BCUT2D eigenvalue weighted by Crippen LogP contribution is 2.20. The maximum absolute atomic E-state index is 5.71. The second kappa shape index (κ2) is 5.88. The van der Waals surface area contributed by atoms with Crippen LogP contribution in [0, 0.1) is 0 Å². The van der Waals surface area contributed by atoms with E-state index in [1.807, 2.05) is 0 Å². The number of nitrogens with zero attached hydrogens (tertiary/aromatic N) is 2. The predicted molar refractivity (Wildman–Crippen MR) is 76.3 cm³/mol. The normalized spacial score (nSPS) is 23.6. The van der Waals surface area contributed by atoms with Gasteiger partial charge in [0.2, 0.25) is 0 Å². The van der Waals surface area contributed by atoms with Crippen LogP contribution in [0.5, 0.6) is 0 Å². The molecule has 1 saturated heterocycles. The Bertz CT molecular complexity index is 420. The van der Waals surface area contributed by atoms with Gasteiger partial charge in [-0.15, -0.1) is 0 Å². The fourth-order valence-corrected chi connectivity index (χ4v) is 2.45. The Morgan fingerprint density at radius 1 is 1.42 bits per heavy atom. The van der Waals surface area contributed by atoms with Gasteiger partial charge in [-0.3, -0.25) is 0 Å². The van der Waals surface area contributed by atoms with Crippen molar-refractivity contribution < 1.29 is 4.74 Å². The minimum atomic E-state index is 0.351. The van der Waals surface area contributed by atoms with Crippen molar-refractivity contribution in [1.29, 1.82) is 0 Å². The maximum atomic E-state index is 5.71. The highest BCUT2D eigenvalue weighted by Gasteiger charge is 2.21. The van der Waals surface area contributed by atoms with Crippen LogP contribution in [0.1, 0.15) is 31.9 Å². The zero-order valence-electron chi connectivity index (χ0n) is 11.6. The molecule has 4 nitrogen and oxygen atoms in total. The summed E-state index contributed by atoms with van der Waals surface area (Å²) in [6.45, 7) is 5.79. The zero-order valence-corrected chi connectivity index (χ0v) is 11.6. The quantitative estimate of drug-likeness (QED) is 0.879. The molecule has 1 aliphatic carbocycles. The number of pyridine rings is 1. The lowest BCUT2D eigenvalue weighted by atomic mass is 10.2. The van der Waals surface area contributed by atoms with Crippen molar-refractivity contribution in [2.24, 2.45) is 0 Å². The van der Waals surface area contributed by atoms with Gasteiger partial charge in [-0.25, -0.2) is 4.98 Å². The molecule has 19 heavy (non-hydrogen) atoms. The third-order valence-electron chi connectivity index (χ3n) is 3.86. The summed E-state index contributed by atoms with van der Waals surface area (Å²) in [4.78, 5) is 7.12. The van der Waals surface area contributed by atoms with Crippen LogP contribution in [-0.4, -0.2) is 36.8 Å². The number of rotatable bonds is 5. The van der Waals surface area contributed by atoms with Crippen molar-refractivity contribution in [3.63, 3.8) is 0 Å². The fraction of sp³-hybridized carbons (Fsp3) is 0.667. The molecule has 1 aromatic heterocycles. The van der Waals surface area contributed by atoms with Crippen molar-refractivity contribution in [3.8, 4) is 0 Å². The molecule has 3 rings (SSSR count). The van der Waals surface area contributed by atoms with Crippen LogP contribution >= 0.6 is 0 Å². The van der Waals surface area contributed by atoms with E-state index in [1.54, 1.807) is 0 Å². The van der Waals surface area contributed by atoms with E-state index in [0.717, 1.165) is 50.2 Å². The predicted octanol–water partition coefficient (Wildman–Crippen LogP) is 1.95. The molecule has 104 valence electrons. The molecule has 0 bridgehead atoms. The maximum Gasteiger partial charge on any atom is 0.129 e. The first-order valence-corrected chi connectivity index (χ1v) is 7.41. The molecule has 0 spiro atoms. The van der Waals surface area contributed by atoms with Gasteiger partial charge in [0, 0.05) is 25.7 Å². The smallest absolute Gasteiger partial charge is 0.129 e. The number of morpholine rings is 1. The Hall–Kier alpha value is -1.13. The van der Waals surface area contributed by atoms with E-state index in [-0.39, 0.29) is 0 Å². The van der Waals surface area contributed by atoms with Crippen LogP contribution in [0.2, 0.25) is 0 Å². The van der Waals surface area contributed by atoms with Crippen LogP contribution in [0.3, 0.4) is 0 Å². The second-order valence-electron chi connectivity index (χ2n) is 5.49. The summed E-state index contributed by atoms with van der Waals surface area (Å²) in [5, 5.41) is 3.52. The van der Waals surface area contributed by atoms with E-state index in [1.165, 1.54) is 12.8 Å². The monoisotopic (exact) mass is 261 g/mol. The Balaban J connectivity index is 1.63. The summed E-state index contributed by atoms with van der Waals surface area (Å²) in [5.74, 6) is 1.09. The highest BCUT2D eigenvalue weighted by atomic mass is 16.5. The van der Waals surface area contributed by atoms with E-state index in [0.29, 0.717) is 6.10 Å². The van der Waals surface area contributed by atoms with E-state index in [4.69, 9.17) is 9.72 Å². The van der Waals surface area contributed by atoms with Crippen LogP contribution in [0.4, 0.5) is 5.82 Å². The lowest BCUT2D eigenvalue weighted by molar-refractivity contribution is 0.0381. The molecule has 4 heteroatoms. The Morgan fingerprint density at radius 2 is 2.32 bits per heavy atom. The molecule has 1 aliphatic heterocycles. The van der Waals surface area contributed by atoms with Crippen molar-refractivity contribution in [2.45, 2.75) is 44.9 Å². The molecule has 2 fully saturated rings. The Morgan fingerprint density at radius 3 is 3.11 bits per heavy atom. The first-order valence-electron chi connectivity index (χ1n) is 7.41. The van der Waals surface area contributed by atoms with Gasteiger partial charge >= 0.3 is 0 Å². The van der Waals surface area contributed by atoms with Crippen LogP contribution < -0.4 is 10.2 Å². The summed E-state index contributed by atoms with van der Waals surface area (Å²) in [6.07, 6.45) is 4.06. The standard InChI is InChI=1S/C15H23N3O/c1-2-14-11-18(8-9-19-14)15-5-3-4-13(17-15)10-16-12-6-7-12/h3-5,12,14,16H,2,6-11H2,1H3. The van der Waals surface area contributed by atoms with Gasteiger partial charge in [-0.1, -0.05) is 13.0 Å². The largest absolute Gasteiger partial charge is 0.375 e. The van der Waals surface area contributed by atoms with Gasteiger partial charge in [0.1, 0.15) is 5.82 Å². The Labute approximate surface area is 115 Å². The molecule has 0 radical (unpaired) electrons. The van der Waals surface area contributed by atoms with E-state index >= 15 is 0 Å². The van der Waals surface area contributed by atoms with Gasteiger partial charge in [-0.05, 0) is 31.4 Å². The summed E-state index contributed by atoms with van der Waals surface area (Å²) >= 11 is 0. The van der Waals surface area contributed by atoms with Crippen LogP contribution in [-0.2, 0) is 11.3 Å². The SMILES string of the molecule is CCC1CN(c2cccc(CNC3CC3)n2)CCO1. The van der Waals surface area contributed by atoms with Crippen molar-refractivity contribution in [2.75, 3.05) is 24.6 Å². The number of nitrogens with one attached hydrogen (secondary N) is 1. The molecule has 2 heterocycles. The van der Waals surface area contributed by atoms with Gasteiger partial charge in [0.05, 0.1) is 18.4 Å². The van der Waals surface area contributed by atoms with E-state index in [9.17, 15) is 0 Å². The van der Waals surface area contributed by atoms with Crippen molar-refractivity contribution in [1.82, 2.24) is 10.3 Å². The molecule has 1 saturated carbocycles. The molecule has 1 aromatic rings. The average Bonchev–Trinajstić information content (AvgIpc) is 3.30. The summed E-state index contributed by atoms with van der Waals surface area (Å²) in [6, 6.07) is 7.07. The topological polar surface area (TPSA) is 37.4 Å². The number of hydrogen-bond acceptors (Lipinski definition) is 4. The van der Waals surface area contributed by atoms with Crippen LogP contribution in [0.25, 0.3) is 0 Å². The second-order valence-corrected chi connectivity index (χ2v) is 5.49. The highest BCUT2D eigenvalue weighted by molar-refractivity contribution is 5.40. The van der Waals surface area contributed by atoms with E-state index in [2.05, 4.69) is 35.3 Å². The van der Waals surface area contributed by atoms with Crippen molar-refractivity contribution >= 4 is 5.82 Å². The van der Waals surface area contributed by atoms with Gasteiger partial charge in [-0.2, -0.15) is 0 Å². The number of aromatic nitrogens is 1. The minimum absolute atomic E-state index is 0.351. The molecular formula is C15H23N3O. The Kier molecular flexibility index (Phi) is 3.99.